The van der Waals surface area contributed by atoms with Crippen molar-refractivity contribution < 1.29 is 4.74 Å². The summed E-state index contributed by atoms with van der Waals surface area (Å²) in [4.78, 5) is 12.0. The van der Waals surface area contributed by atoms with Crippen molar-refractivity contribution in [2.45, 2.75) is 40.2 Å². The Morgan fingerprint density at radius 1 is 1.50 bits per heavy atom. The summed E-state index contributed by atoms with van der Waals surface area (Å²) in [7, 11) is 0. The molecular formula is C14H24ClN3O2. The summed E-state index contributed by atoms with van der Waals surface area (Å²) in [5.74, 6) is 0.516. The second-order valence-corrected chi connectivity index (χ2v) is 5.53. The Morgan fingerprint density at radius 3 is 2.90 bits per heavy atom. The number of halogens is 1. The van der Waals surface area contributed by atoms with Crippen LogP contribution in [-0.2, 0) is 11.3 Å². The first-order chi connectivity index (χ1) is 9.56. The van der Waals surface area contributed by atoms with Crippen LogP contribution in [0.1, 0.15) is 33.6 Å². The van der Waals surface area contributed by atoms with Gasteiger partial charge in [0.15, 0.2) is 0 Å². The minimum atomic E-state index is -0.242. The van der Waals surface area contributed by atoms with E-state index in [1.54, 1.807) is 6.20 Å². The zero-order valence-electron chi connectivity index (χ0n) is 12.5. The van der Waals surface area contributed by atoms with Gasteiger partial charge in [0.25, 0.3) is 5.56 Å². The molecule has 0 atom stereocenters. The Balaban J connectivity index is 2.51. The molecule has 0 bridgehead atoms. The van der Waals surface area contributed by atoms with E-state index < -0.39 is 0 Å². The topological polar surface area (TPSA) is 56.1 Å². The van der Waals surface area contributed by atoms with E-state index in [4.69, 9.17) is 16.3 Å². The molecule has 1 aromatic rings. The van der Waals surface area contributed by atoms with E-state index in [2.05, 4.69) is 31.2 Å². The molecule has 0 aliphatic carbocycles. The number of hydrogen-bond donors (Lipinski definition) is 1. The van der Waals surface area contributed by atoms with Crippen LogP contribution in [0, 0.1) is 5.92 Å². The lowest BCUT2D eigenvalue weighted by Crippen LogP contribution is -2.25. The molecule has 0 fully saturated rings. The van der Waals surface area contributed by atoms with Crippen molar-refractivity contribution in [2.75, 3.05) is 25.1 Å². The Kier molecular flexibility index (Phi) is 7.62. The smallest absolute Gasteiger partial charge is 0.287 e. The first-order valence-corrected chi connectivity index (χ1v) is 7.51. The van der Waals surface area contributed by atoms with Crippen LogP contribution < -0.4 is 10.9 Å². The Labute approximate surface area is 125 Å². The molecule has 5 nitrogen and oxygen atoms in total. The van der Waals surface area contributed by atoms with Crippen molar-refractivity contribution in [3.8, 4) is 0 Å². The van der Waals surface area contributed by atoms with E-state index in [0.717, 1.165) is 19.4 Å². The number of rotatable bonds is 9. The Bertz CT molecular complexity index is 460. The summed E-state index contributed by atoms with van der Waals surface area (Å²) in [5.41, 5.74) is 0.325. The van der Waals surface area contributed by atoms with Crippen molar-refractivity contribution in [3.05, 3.63) is 21.6 Å². The lowest BCUT2D eigenvalue weighted by molar-refractivity contribution is 0.118. The van der Waals surface area contributed by atoms with Crippen LogP contribution in [0.4, 0.5) is 5.69 Å². The molecule has 1 N–H and O–H groups in total. The highest BCUT2D eigenvalue weighted by Gasteiger charge is 2.08. The number of nitrogens with zero attached hydrogens (tertiary/aromatic N) is 2. The van der Waals surface area contributed by atoms with Gasteiger partial charge in [-0.2, -0.15) is 5.10 Å². The third-order valence-electron chi connectivity index (χ3n) is 2.72. The zero-order chi connectivity index (χ0) is 15.0. The summed E-state index contributed by atoms with van der Waals surface area (Å²) in [6.07, 6.45) is 3.53. The van der Waals surface area contributed by atoms with Crippen LogP contribution in [0.15, 0.2) is 11.0 Å². The number of nitrogens with one attached hydrogen (secondary N) is 1. The van der Waals surface area contributed by atoms with E-state index in [1.165, 1.54) is 4.68 Å². The predicted octanol–water partition coefficient (Wildman–Crippen LogP) is 2.78. The van der Waals surface area contributed by atoms with Crippen LogP contribution in [0.5, 0.6) is 0 Å². The summed E-state index contributed by atoms with van der Waals surface area (Å²) in [6.45, 7) is 8.78. The summed E-state index contributed by atoms with van der Waals surface area (Å²) in [6, 6.07) is 0. The molecule has 20 heavy (non-hydrogen) atoms. The molecule has 0 aliphatic heterocycles. The first kappa shape index (κ1) is 17.0. The highest BCUT2D eigenvalue weighted by Crippen LogP contribution is 2.14. The first-order valence-electron chi connectivity index (χ1n) is 7.13. The molecular weight excluding hydrogens is 278 g/mol. The molecule has 6 heteroatoms. The van der Waals surface area contributed by atoms with Gasteiger partial charge in [0.05, 0.1) is 18.5 Å². The highest BCUT2D eigenvalue weighted by molar-refractivity contribution is 6.32. The van der Waals surface area contributed by atoms with Crippen molar-refractivity contribution >= 4 is 17.3 Å². The minimum Gasteiger partial charge on any atom is -0.380 e. The number of aromatic nitrogens is 2. The van der Waals surface area contributed by atoms with Crippen molar-refractivity contribution in [3.63, 3.8) is 0 Å². The van der Waals surface area contributed by atoms with Gasteiger partial charge < -0.3 is 10.1 Å². The van der Waals surface area contributed by atoms with Gasteiger partial charge in [-0.1, -0.05) is 38.8 Å². The number of hydrogen-bond acceptors (Lipinski definition) is 4. The van der Waals surface area contributed by atoms with E-state index in [1.807, 2.05) is 0 Å². The van der Waals surface area contributed by atoms with Crippen molar-refractivity contribution in [2.24, 2.45) is 5.92 Å². The third kappa shape index (κ3) is 5.51. The van der Waals surface area contributed by atoms with Gasteiger partial charge in [-0.25, -0.2) is 4.68 Å². The van der Waals surface area contributed by atoms with Crippen molar-refractivity contribution in [1.82, 2.24) is 9.78 Å². The summed E-state index contributed by atoms with van der Waals surface area (Å²) in [5, 5.41) is 7.39. The second kappa shape index (κ2) is 8.97. The fourth-order valence-electron chi connectivity index (χ4n) is 1.63. The fraction of sp³-hybridized carbons (Fsp3) is 0.714. The molecule has 0 aliphatic rings. The molecule has 114 valence electrons. The van der Waals surface area contributed by atoms with Crippen LogP contribution in [0.25, 0.3) is 0 Å². The van der Waals surface area contributed by atoms with Crippen LogP contribution in [0.3, 0.4) is 0 Å². The fourth-order valence-corrected chi connectivity index (χ4v) is 1.85. The number of aryl methyl sites for hydroxylation is 1. The molecule has 0 spiro atoms. The molecule has 0 saturated heterocycles. The molecule has 0 aromatic carbocycles. The van der Waals surface area contributed by atoms with Gasteiger partial charge in [0.2, 0.25) is 0 Å². The van der Waals surface area contributed by atoms with Gasteiger partial charge in [0, 0.05) is 19.7 Å². The van der Waals surface area contributed by atoms with Gasteiger partial charge in [0.1, 0.15) is 5.02 Å². The number of unbranched alkanes of at least 4 members (excludes halogenated alkanes) is 1. The molecule has 0 unspecified atom stereocenters. The van der Waals surface area contributed by atoms with Gasteiger partial charge >= 0.3 is 0 Å². The normalized spacial score (nSPS) is 11.1. The average Bonchev–Trinajstić information content (AvgIpc) is 2.41. The van der Waals surface area contributed by atoms with Crippen molar-refractivity contribution in [1.29, 1.82) is 0 Å². The maximum absolute atomic E-state index is 12.0. The maximum Gasteiger partial charge on any atom is 0.287 e. The molecule has 0 amide bonds. The van der Waals surface area contributed by atoms with Crippen LogP contribution >= 0.6 is 11.6 Å². The van der Waals surface area contributed by atoms with E-state index in [-0.39, 0.29) is 10.6 Å². The monoisotopic (exact) mass is 301 g/mol. The third-order valence-corrected chi connectivity index (χ3v) is 3.09. The zero-order valence-corrected chi connectivity index (χ0v) is 13.2. The quantitative estimate of drug-likeness (QED) is 0.713. The molecule has 0 saturated carbocycles. The average molecular weight is 302 g/mol. The molecule has 1 heterocycles. The second-order valence-electron chi connectivity index (χ2n) is 5.15. The molecule has 0 radical (unpaired) electrons. The van der Waals surface area contributed by atoms with Crippen LogP contribution in [0.2, 0.25) is 5.02 Å². The number of anilines is 1. The van der Waals surface area contributed by atoms with Gasteiger partial charge in [-0.3, -0.25) is 4.79 Å². The van der Waals surface area contributed by atoms with E-state index in [9.17, 15) is 4.79 Å². The molecule has 1 rings (SSSR count). The summed E-state index contributed by atoms with van der Waals surface area (Å²) < 4.78 is 6.86. The lowest BCUT2D eigenvalue weighted by Gasteiger charge is -2.11. The van der Waals surface area contributed by atoms with Gasteiger partial charge in [-0.15, -0.1) is 0 Å². The Hall–Kier alpha value is -1.07. The lowest BCUT2D eigenvalue weighted by atomic mass is 10.2. The minimum absolute atomic E-state index is 0.194. The largest absolute Gasteiger partial charge is 0.380 e. The Morgan fingerprint density at radius 2 is 2.25 bits per heavy atom. The number of ether oxygens (including phenoxy) is 1. The maximum atomic E-state index is 12.0. The van der Waals surface area contributed by atoms with E-state index in [0.29, 0.717) is 31.3 Å². The highest BCUT2D eigenvalue weighted by atomic mass is 35.5. The SMILES string of the molecule is CCCCn1ncc(NCCOCC(C)C)c(Cl)c1=O. The molecule has 1 aromatic heterocycles. The predicted molar refractivity (Wildman–Crippen MR) is 82.6 cm³/mol. The summed E-state index contributed by atoms with van der Waals surface area (Å²) >= 11 is 6.06. The van der Waals surface area contributed by atoms with E-state index >= 15 is 0 Å². The van der Waals surface area contributed by atoms with Gasteiger partial charge in [-0.05, 0) is 12.3 Å². The van der Waals surface area contributed by atoms with Crippen LogP contribution in [-0.4, -0.2) is 29.5 Å². The standard InChI is InChI=1S/C14H24ClN3O2/c1-4-5-7-18-14(19)13(15)12(9-17-18)16-6-8-20-10-11(2)3/h9,11,16H,4-8,10H2,1-3H3.